The molecule has 1 atom stereocenters. The van der Waals surface area contributed by atoms with Crippen LogP contribution in [-0.2, 0) is 4.79 Å². The summed E-state index contributed by atoms with van der Waals surface area (Å²) in [7, 11) is 0. The van der Waals surface area contributed by atoms with E-state index >= 15 is 0 Å². The average Bonchev–Trinajstić information content (AvgIpc) is 2.89. The first-order valence-electron chi connectivity index (χ1n) is 7.76. The van der Waals surface area contributed by atoms with Crippen molar-refractivity contribution >= 4 is 5.91 Å². The molecule has 4 heteroatoms. The summed E-state index contributed by atoms with van der Waals surface area (Å²) in [5.41, 5.74) is 5.72. The fraction of sp³-hybridized carbons (Fsp3) is 0.933. The quantitative estimate of drug-likeness (QED) is 0.841. The molecule has 110 valence electrons. The molecule has 0 aromatic heterocycles. The Hall–Kier alpha value is -0.610. The minimum atomic E-state index is -0.236. The van der Waals surface area contributed by atoms with Crippen LogP contribution in [0.2, 0.25) is 0 Å². The summed E-state index contributed by atoms with van der Waals surface area (Å²) in [6, 6.07) is 0.603. The predicted octanol–water partition coefficient (Wildman–Crippen LogP) is 1.59. The third kappa shape index (κ3) is 4.46. The number of piperidine rings is 1. The maximum atomic E-state index is 12.3. The van der Waals surface area contributed by atoms with Crippen LogP contribution in [0.25, 0.3) is 0 Å². The number of likely N-dealkylation sites (tertiary alicyclic amines) is 2. The van der Waals surface area contributed by atoms with E-state index < -0.39 is 0 Å². The molecule has 2 aliphatic rings. The van der Waals surface area contributed by atoms with E-state index in [0.717, 1.165) is 25.9 Å². The standard InChI is InChI=1S/C15H29N3O/c1-15(2,16)8-7-14(19)18-11-5-6-13(12-18)17-9-3-4-10-17/h13H,3-12,16H2,1-2H3. The van der Waals surface area contributed by atoms with Crippen molar-refractivity contribution in [1.82, 2.24) is 9.80 Å². The van der Waals surface area contributed by atoms with Gasteiger partial charge in [0.2, 0.25) is 5.91 Å². The maximum absolute atomic E-state index is 12.3. The highest BCUT2D eigenvalue weighted by molar-refractivity contribution is 5.76. The zero-order chi connectivity index (χ0) is 13.9. The van der Waals surface area contributed by atoms with Gasteiger partial charge in [-0.1, -0.05) is 0 Å². The molecule has 0 radical (unpaired) electrons. The topological polar surface area (TPSA) is 49.6 Å². The molecule has 2 N–H and O–H groups in total. The van der Waals surface area contributed by atoms with Crippen molar-refractivity contribution < 1.29 is 4.79 Å². The highest BCUT2D eigenvalue weighted by Gasteiger charge is 2.29. The Morgan fingerprint density at radius 1 is 1.21 bits per heavy atom. The molecule has 1 amide bonds. The van der Waals surface area contributed by atoms with Gasteiger partial charge in [0.05, 0.1) is 0 Å². The summed E-state index contributed by atoms with van der Waals surface area (Å²) < 4.78 is 0. The molecule has 1 unspecified atom stereocenters. The number of amides is 1. The number of rotatable bonds is 4. The molecular weight excluding hydrogens is 238 g/mol. The van der Waals surface area contributed by atoms with Crippen LogP contribution in [-0.4, -0.2) is 53.5 Å². The Labute approximate surface area is 117 Å². The SMILES string of the molecule is CC(C)(N)CCC(=O)N1CCCC(N2CCCC2)C1. The van der Waals surface area contributed by atoms with Crippen LogP contribution in [0.3, 0.4) is 0 Å². The monoisotopic (exact) mass is 267 g/mol. The lowest BCUT2D eigenvalue weighted by Gasteiger charge is -2.38. The van der Waals surface area contributed by atoms with Crippen LogP contribution in [0.15, 0.2) is 0 Å². The summed E-state index contributed by atoms with van der Waals surface area (Å²) >= 11 is 0. The number of hydrogen-bond donors (Lipinski definition) is 1. The van der Waals surface area contributed by atoms with Crippen LogP contribution in [0.4, 0.5) is 0 Å². The minimum absolute atomic E-state index is 0.236. The van der Waals surface area contributed by atoms with Crippen molar-refractivity contribution in [1.29, 1.82) is 0 Å². The Balaban J connectivity index is 1.81. The van der Waals surface area contributed by atoms with Crippen LogP contribution >= 0.6 is 0 Å². The van der Waals surface area contributed by atoms with Gasteiger partial charge in [0.15, 0.2) is 0 Å². The fourth-order valence-electron chi connectivity index (χ4n) is 3.17. The van der Waals surface area contributed by atoms with Crippen LogP contribution in [0.5, 0.6) is 0 Å². The molecule has 0 saturated carbocycles. The van der Waals surface area contributed by atoms with E-state index in [4.69, 9.17) is 5.73 Å². The molecule has 4 nitrogen and oxygen atoms in total. The van der Waals surface area contributed by atoms with Crippen molar-refractivity contribution in [2.24, 2.45) is 5.73 Å². The van der Waals surface area contributed by atoms with Crippen LogP contribution < -0.4 is 5.73 Å². The normalized spacial score (nSPS) is 25.8. The predicted molar refractivity (Wildman–Crippen MR) is 77.9 cm³/mol. The lowest BCUT2D eigenvalue weighted by molar-refractivity contribution is -0.133. The van der Waals surface area contributed by atoms with Crippen molar-refractivity contribution in [3.8, 4) is 0 Å². The molecule has 2 saturated heterocycles. The number of carbonyl (C=O) groups is 1. The maximum Gasteiger partial charge on any atom is 0.222 e. The first-order chi connectivity index (χ1) is 8.96. The van der Waals surface area contributed by atoms with Gasteiger partial charge in [-0.05, 0) is 59.0 Å². The summed E-state index contributed by atoms with van der Waals surface area (Å²) in [6.45, 7) is 8.30. The van der Waals surface area contributed by atoms with Crippen LogP contribution in [0.1, 0.15) is 52.4 Å². The molecular formula is C15H29N3O. The van der Waals surface area contributed by atoms with Gasteiger partial charge in [-0.2, -0.15) is 0 Å². The second-order valence-corrected chi connectivity index (χ2v) is 6.87. The van der Waals surface area contributed by atoms with E-state index in [-0.39, 0.29) is 5.54 Å². The lowest BCUT2D eigenvalue weighted by Crippen LogP contribution is -2.49. The van der Waals surface area contributed by atoms with Crippen molar-refractivity contribution in [3.05, 3.63) is 0 Å². The van der Waals surface area contributed by atoms with Gasteiger partial charge in [0.25, 0.3) is 0 Å². The third-order valence-corrected chi connectivity index (χ3v) is 4.39. The molecule has 0 aromatic rings. The Kier molecular flexibility index (Phi) is 4.85. The molecule has 0 spiro atoms. The molecule has 2 rings (SSSR count). The number of carbonyl (C=O) groups excluding carboxylic acids is 1. The zero-order valence-electron chi connectivity index (χ0n) is 12.5. The molecule has 0 bridgehead atoms. The third-order valence-electron chi connectivity index (χ3n) is 4.39. The Morgan fingerprint density at radius 2 is 1.89 bits per heavy atom. The summed E-state index contributed by atoms with van der Waals surface area (Å²) in [6.07, 6.45) is 6.43. The Bertz CT molecular complexity index is 305. The van der Waals surface area contributed by atoms with E-state index in [1.807, 2.05) is 13.8 Å². The van der Waals surface area contributed by atoms with Gasteiger partial charge < -0.3 is 10.6 Å². The number of hydrogen-bond acceptors (Lipinski definition) is 3. The first kappa shape index (κ1) is 14.8. The average molecular weight is 267 g/mol. The fourth-order valence-corrected chi connectivity index (χ4v) is 3.17. The largest absolute Gasteiger partial charge is 0.341 e. The Morgan fingerprint density at radius 3 is 2.53 bits per heavy atom. The van der Waals surface area contributed by atoms with E-state index in [1.54, 1.807) is 0 Å². The van der Waals surface area contributed by atoms with E-state index in [2.05, 4.69) is 9.80 Å². The number of nitrogens with zero attached hydrogens (tertiary/aromatic N) is 2. The van der Waals surface area contributed by atoms with Gasteiger partial charge in [0.1, 0.15) is 0 Å². The van der Waals surface area contributed by atoms with E-state index in [9.17, 15) is 4.79 Å². The van der Waals surface area contributed by atoms with E-state index in [1.165, 1.54) is 32.4 Å². The lowest BCUT2D eigenvalue weighted by atomic mass is 9.98. The zero-order valence-corrected chi connectivity index (χ0v) is 12.5. The minimum Gasteiger partial charge on any atom is -0.341 e. The highest BCUT2D eigenvalue weighted by Crippen LogP contribution is 2.21. The van der Waals surface area contributed by atoms with Gasteiger partial charge >= 0.3 is 0 Å². The highest BCUT2D eigenvalue weighted by atomic mass is 16.2. The smallest absolute Gasteiger partial charge is 0.222 e. The second-order valence-electron chi connectivity index (χ2n) is 6.87. The molecule has 2 heterocycles. The summed E-state index contributed by atoms with van der Waals surface area (Å²) in [4.78, 5) is 16.9. The first-order valence-corrected chi connectivity index (χ1v) is 7.76. The summed E-state index contributed by atoms with van der Waals surface area (Å²) in [5, 5.41) is 0. The van der Waals surface area contributed by atoms with Crippen LogP contribution in [0, 0.1) is 0 Å². The van der Waals surface area contributed by atoms with Crippen molar-refractivity contribution in [2.45, 2.75) is 64.0 Å². The summed E-state index contributed by atoms with van der Waals surface area (Å²) in [5.74, 6) is 0.294. The molecule has 2 fully saturated rings. The van der Waals surface area contributed by atoms with Gasteiger partial charge in [-0.3, -0.25) is 9.69 Å². The molecule has 0 aromatic carbocycles. The van der Waals surface area contributed by atoms with Gasteiger partial charge in [-0.25, -0.2) is 0 Å². The van der Waals surface area contributed by atoms with E-state index in [0.29, 0.717) is 18.4 Å². The molecule has 2 aliphatic heterocycles. The molecule has 0 aliphatic carbocycles. The van der Waals surface area contributed by atoms with Gasteiger partial charge in [0, 0.05) is 31.1 Å². The van der Waals surface area contributed by atoms with Crippen molar-refractivity contribution in [3.63, 3.8) is 0 Å². The second kappa shape index (κ2) is 6.23. The van der Waals surface area contributed by atoms with Crippen molar-refractivity contribution in [2.75, 3.05) is 26.2 Å². The number of nitrogens with two attached hydrogens (primary N) is 1. The van der Waals surface area contributed by atoms with Gasteiger partial charge in [-0.15, -0.1) is 0 Å². The molecule has 19 heavy (non-hydrogen) atoms.